The molecule has 104 valence electrons. The van der Waals surface area contributed by atoms with Crippen molar-refractivity contribution in [3.63, 3.8) is 0 Å². The quantitative estimate of drug-likeness (QED) is 0.660. The fourth-order valence-corrected chi connectivity index (χ4v) is 2.49. The first-order valence-corrected chi connectivity index (χ1v) is 6.95. The molecule has 0 amide bonds. The van der Waals surface area contributed by atoms with E-state index in [-0.39, 0.29) is 12.4 Å². The summed E-state index contributed by atoms with van der Waals surface area (Å²) in [5.74, 6) is 0.719. The van der Waals surface area contributed by atoms with E-state index in [0.717, 1.165) is 21.9 Å². The summed E-state index contributed by atoms with van der Waals surface area (Å²) in [6, 6.07) is 21.4. The van der Waals surface area contributed by atoms with Gasteiger partial charge in [0.05, 0.1) is 0 Å². The first kappa shape index (κ1) is 13.4. The number of carbonyl (C=O) groups is 1. The molecule has 0 aliphatic rings. The number of hydrogen-bond donors (Lipinski definition) is 0. The van der Waals surface area contributed by atoms with Crippen LogP contribution in [0.2, 0.25) is 0 Å². The topological polar surface area (TPSA) is 26.3 Å². The number of ketones is 1. The summed E-state index contributed by atoms with van der Waals surface area (Å²) < 4.78 is 5.58. The lowest BCUT2D eigenvalue weighted by molar-refractivity contribution is 0.0922. The highest BCUT2D eigenvalue weighted by molar-refractivity contribution is 6.10. The van der Waals surface area contributed by atoms with Gasteiger partial charge in [0, 0.05) is 5.56 Å². The van der Waals surface area contributed by atoms with Crippen LogP contribution < -0.4 is 4.74 Å². The van der Waals surface area contributed by atoms with Crippen LogP contribution in [-0.2, 0) is 0 Å². The smallest absolute Gasteiger partial charge is 0.201 e. The van der Waals surface area contributed by atoms with Crippen LogP contribution in [0.4, 0.5) is 0 Å². The molecular formula is C19H16O2. The van der Waals surface area contributed by atoms with Gasteiger partial charge in [-0.15, -0.1) is 0 Å². The Morgan fingerprint density at radius 1 is 0.905 bits per heavy atom. The molecule has 0 fully saturated rings. The van der Waals surface area contributed by atoms with Crippen molar-refractivity contribution in [3.8, 4) is 5.75 Å². The van der Waals surface area contributed by atoms with Crippen molar-refractivity contribution in [2.24, 2.45) is 0 Å². The third-order valence-corrected chi connectivity index (χ3v) is 3.53. The zero-order chi connectivity index (χ0) is 14.7. The van der Waals surface area contributed by atoms with E-state index in [4.69, 9.17) is 4.74 Å². The number of benzene rings is 3. The normalized spacial score (nSPS) is 10.5. The molecule has 2 heteroatoms. The highest BCUT2D eigenvalue weighted by Gasteiger charge is 2.13. The number of para-hydroxylation sites is 1. The van der Waals surface area contributed by atoms with Crippen LogP contribution in [0.5, 0.6) is 5.75 Å². The molecule has 0 spiro atoms. The van der Waals surface area contributed by atoms with Crippen LogP contribution in [-0.4, -0.2) is 12.4 Å². The average molecular weight is 276 g/mol. The largest absolute Gasteiger partial charge is 0.485 e. The van der Waals surface area contributed by atoms with Crippen LogP contribution in [0.15, 0.2) is 66.7 Å². The van der Waals surface area contributed by atoms with E-state index in [1.54, 1.807) is 0 Å². The van der Waals surface area contributed by atoms with Crippen molar-refractivity contribution in [2.75, 3.05) is 6.61 Å². The van der Waals surface area contributed by atoms with Crippen LogP contribution >= 0.6 is 0 Å². The average Bonchev–Trinajstić information content (AvgIpc) is 2.53. The van der Waals surface area contributed by atoms with Gasteiger partial charge >= 0.3 is 0 Å². The van der Waals surface area contributed by atoms with Crippen LogP contribution in [0.1, 0.15) is 15.9 Å². The molecule has 21 heavy (non-hydrogen) atoms. The lowest BCUT2D eigenvalue weighted by atomic mass is 9.97. The standard InChI is InChI=1S/C19H16O2/c1-14-11-12-15-7-5-6-10-17(15)19(14)18(20)13-21-16-8-3-2-4-9-16/h2-12H,13H2,1H3. The lowest BCUT2D eigenvalue weighted by Crippen LogP contribution is -2.13. The summed E-state index contributed by atoms with van der Waals surface area (Å²) in [5, 5.41) is 2.06. The van der Waals surface area contributed by atoms with Crippen molar-refractivity contribution < 1.29 is 9.53 Å². The minimum absolute atomic E-state index is 0.00755. The third kappa shape index (κ3) is 2.79. The summed E-state index contributed by atoms with van der Waals surface area (Å²) in [7, 11) is 0. The zero-order valence-corrected chi connectivity index (χ0v) is 11.9. The Balaban J connectivity index is 1.89. The predicted molar refractivity (Wildman–Crippen MR) is 85.0 cm³/mol. The Hall–Kier alpha value is -2.61. The van der Waals surface area contributed by atoms with E-state index in [2.05, 4.69) is 0 Å². The number of carbonyl (C=O) groups excluding carboxylic acids is 1. The van der Waals surface area contributed by atoms with Crippen LogP contribution in [0.25, 0.3) is 10.8 Å². The maximum absolute atomic E-state index is 12.5. The van der Waals surface area contributed by atoms with Crippen molar-refractivity contribution in [1.29, 1.82) is 0 Å². The van der Waals surface area contributed by atoms with E-state index >= 15 is 0 Å². The molecule has 0 radical (unpaired) electrons. The van der Waals surface area contributed by atoms with Gasteiger partial charge in [0.15, 0.2) is 6.61 Å². The van der Waals surface area contributed by atoms with Gasteiger partial charge in [-0.05, 0) is 35.4 Å². The first-order valence-electron chi connectivity index (χ1n) is 6.95. The molecule has 0 saturated carbocycles. The molecule has 0 unspecified atom stereocenters. The summed E-state index contributed by atoms with van der Waals surface area (Å²) in [6.45, 7) is 2.01. The highest BCUT2D eigenvalue weighted by Crippen LogP contribution is 2.23. The fourth-order valence-electron chi connectivity index (χ4n) is 2.49. The van der Waals surface area contributed by atoms with E-state index < -0.39 is 0 Å². The van der Waals surface area contributed by atoms with E-state index in [1.807, 2.05) is 73.7 Å². The third-order valence-electron chi connectivity index (χ3n) is 3.53. The molecule has 0 aromatic heterocycles. The van der Waals surface area contributed by atoms with Gasteiger partial charge < -0.3 is 4.74 Å². The summed E-state index contributed by atoms with van der Waals surface area (Å²) in [4.78, 5) is 12.5. The maximum atomic E-state index is 12.5. The monoisotopic (exact) mass is 276 g/mol. The zero-order valence-electron chi connectivity index (χ0n) is 11.9. The molecule has 3 aromatic rings. The second-order valence-electron chi connectivity index (χ2n) is 5.00. The lowest BCUT2D eigenvalue weighted by Gasteiger charge is -2.10. The minimum Gasteiger partial charge on any atom is -0.485 e. The van der Waals surface area contributed by atoms with Gasteiger partial charge in [-0.3, -0.25) is 4.79 Å². The summed E-state index contributed by atoms with van der Waals surface area (Å²) in [6.07, 6.45) is 0. The SMILES string of the molecule is Cc1ccc2ccccc2c1C(=O)COc1ccccc1. The molecule has 0 aliphatic heterocycles. The molecule has 0 atom stereocenters. The second kappa shape index (κ2) is 5.80. The fraction of sp³-hybridized carbons (Fsp3) is 0.105. The molecule has 0 aliphatic carbocycles. The van der Waals surface area contributed by atoms with Gasteiger partial charge in [-0.1, -0.05) is 54.6 Å². The van der Waals surface area contributed by atoms with Crippen LogP contribution in [0.3, 0.4) is 0 Å². The molecule has 0 bridgehead atoms. The first-order chi connectivity index (χ1) is 10.3. The molecule has 0 saturated heterocycles. The Labute approximate surface area is 124 Å². The van der Waals surface area contributed by atoms with Gasteiger partial charge in [0.1, 0.15) is 5.75 Å². The number of aryl methyl sites for hydroxylation is 1. The van der Waals surface area contributed by atoms with Crippen molar-refractivity contribution in [2.45, 2.75) is 6.92 Å². The summed E-state index contributed by atoms with van der Waals surface area (Å²) >= 11 is 0. The second-order valence-corrected chi connectivity index (χ2v) is 5.00. The predicted octanol–water partition coefficient (Wildman–Crippen LogP) is 4.41. The van der Waals surface area contributed by atoms with Crippen LogP contribution in [0, 0.1) is 6.92 Å². The minimum atomic E-state index is 0.00755. The number of Topliss-reactive ketones (excluding diaryl/α,β-unsaturated/α-hetero) is 1. The molecule has 3 rings (SSSR count). The van der Waals surface area contributed by atoms with E-state index in [0.29, 0.717) is 5.75 Å². The van der Waals surface area contributed by atoms with E-state index in [9.17, 15) is 4.79 Å². The number of ether oxygens (including phenoxy) is 1. The Morgan fingerprint density at radius 2 is 1.62 bits per heavy atom. The Bertz CT molecular complexity index is 776. The number of rotatable bonds is 4. The highest BCUT2D eigenvalue weighted by atomic mass is 16.5. The summed E-state index contributed by atoms with van der Waals surface area (Å²) in [5.41, 5.74) is 1.74. The molecule has 3 aromatic carbocycles. The molecular weight excluding hydrogens is 260 g/mol. The van der Waals surface area contributed by atoms with Crippen molar-refractivity contribution >= 4 is 16.6 Å². The van der Waals surface area contributed by atoms with E-state index in [1.165, 1.54) is 0 Å². The molecule has 0 heterocycles. The number of fused-ring (bicyclic) bond motifs is 1. The van der Waals surface area contributed by atoms with Gasteiger partial charge in [-0.25, -0.2) is 0 Å². The number of hydrogen-bond acceptors (Lipinski definition) is 2. The van der Waals surface area contributed by atoms with Gasteiger partial charge in [0.25, 0.3) is 0 Å². The Morgan fingerprint density at radius 3 is 2.43 bits per heavy atom. The van der Waals surface area contributed by atoms with Crippen molar-refractivity contribution in [3.05, 3.63) is 77.9 Å². The molecule has 0 N–H and O–H groups in total. The molecule has 2 nitrogen and oxygen atoms in total. The van der Waals surface area contributed by atoms with Gasteiger partial charge in [-0.2, -0.15) is 0 Å². The van der Waals surface area contributed by atoms with Crippen molar-refractivity contribution in [1.82, 2.24) is 0 Å². The maximum Gasteiger partial charge on any atom is 0.201 e. The van der Waals surface area contributed by atoms with Gasteiger partial charge in [0.2, 0.25) is 5.78 Å². The Kier molecular flexibility index (Phi) is 3.69.